The normalized spacial score (nSPS) is 12.6. The Labute approximate surface area is 172 Å². The molecule has 0 bridgehead atoms. The molecule has 30 heavy (non-hydrogen) atoms. The van der Waals surface area contributed by atoms with E-state index in [1.807, 2.05) is 0 Å². The van der Waals surface area contributed by atoms with Crippen molar-refractivity contribution in [2.24, 2.45) is 7.05 Å². The van der Waals surface area contributed by atoms with Gasteiger partial charge in [0.15, 0.2) is 11.0 Å². The van der Waals surface area contributed by atoms with E-state index in [0.717, 1.165) is 0 Å². The first-order valence-corrected chi connectivity index (χ1v) is 10.2. The van der Waals surface area contributed by atoms with Gasteiger partial charge in [-0.15, -0.1) is 0 Å². The lowest BCUT2D eigenvalue weighted by atomic mass is 10.0. The molecule has 0 spiro atoms. The average molecular weight is 430 g/mol. The van der Waals surface area contributed by atoms with Crippen LogP contribution in [0.15, 0.2) is 70.5 Å². The van der Waals surface area contributed by atoms with Crippen LogP contribution in [0.2, 0.25) is 0 Å². The van der Waals surface area contributed by atoms with Gasteiger partial charge in [-0.25, -0.2) is 17.4 Å². The fraction of sp³-hybridized carbons (Fsp3) is 0.136. The van der Waals surface area contributed by atoms with Crippen molar-refractivity contribution in [3.63, 3.8) is 0 Å². The molecule has 0 saturated carbocycles. The van der Waals surface area contributed by atoms with E-state index in [-0.39, 0.29) is 11.1 Å². The average Bonchev–Trinajstić information content (AvgIpc) is 3.00. The summed E-state index contributed by atoms with van der Waals surface area (Å²) in [4.78, 5) is 13.0. The van der Waals surface area contributed by atoms with Gasteiger partial charge >= 0.3 is 0 Å². The first-order valence-electron chi connectivity index (χ1n) is 9.06. The molecule has 0 aliphatic carbocycles. The van der Waals surface area contributed by atoms with E-state index < -0.39 is 23.2 Å². The monoisotopic (exact) mass is 430 g/mol. The van der Waals surface area contributed by atoms with Crippen molar-refractivity contribution in [2.45, 2.75) is 18.2 Å². The predicted octanol–water partition coefficient (Wildman–Crippen LogP) is 4.96. The number of hydrogen-bond donors (Lipinski definition) is 0. The van der Waals surface area contributed by atoms with Crippen LogP contribution < -0.4 is 5.56 Å². The molecule has 1 atom stereocenters. The summed E-state index contributed by atoms with van der Waals surface area (Å²) in [5.41, 5.74) is 1.40. The van der Waals surface area contributed by atoms with Gasteiger partial charge in [0, 0.05) is 41.0 Å². The number of hydrogen-bond acceptors (Lipinski definition) is 2. The van der Waals surface area contributed by atoms with Crippen molar-refractivity contribution < 1.29 is 17.4 Å². The van der Waals surface area contributed by atoms with Gasteiger partial charge < -0.3 is 4.57 Å². The highest BCUT2D eigenvalue weighted by Gasteiger charge is 2.22. The zero-order valence-corrected chi connectivity index (χ0v) is 16.9. The van der Waals surface area contributed by atoms with Crippen LogP contribution in [0.4, 0.5) is 13.2 Å². The Bertz CT molecular complexity index is 1340. The number of benzene rings is 2. The molecule has 2 heterocycles. The molecule has 4 nitrogen and oxygen atoms in total. The Hall–Kier alpha value is -3.13. The second-order valence-corrected chi connectivity index (χ2v) is 8.21. The standard InChI is InChI=1S/C22H17F3N2O2S/c1-13-20(17-4-3-11-26(2)22(17)28)18-12-15(23)7-10-19(18)27(13)30(29)16-8-5-14(6-9-16)21(24)25/h3-12,21H,1-2H3. The fourth-order valence-corrected chi connectivity index (χ4v) is 4.80. The molecule has 0 aliphatic rings. The molecule has 4 aromatic rings. The third-order valence-electron chi connectivity index (χ3n) is 5.01. The van der Waals surface area contributed by atoms with E-state index in [1.54, 1.807) is 32.3 Å². The first-order chi connectivity index (χ1) is 14.3. The van der Waals surface area contributed by atoms with Crippen LogP contribution in [0.25, 0.3) is 22.0 Å². The zero-order chi connectivity index (χ0) is 21.6. The van der Waals surface area contributed by atoms with Gasteiger partial charge in [0.05, 0.1) is 10.4 Å². The molecule has 0 saturated heterocycles. The SMILES string of the molecule is Cc1c(-c2cccn(C)c2=O)c2cc(F)ccc2n1S(=O)c1ccc(C(F)F)cc1. The van der Waals surface area contributed by atoms with Crippen LogP contribution in [0, 0.1) is 12.7 Å². The number of aryl methyl sites for hydroxylation is 1. The Kier molecular flexibility index (Phi) is 5.11. The largest absolute Gasteiger partial charge is 0.318 e. The summed E-state index contributed by atoms with van der Waals surface area (Å²) in [5, 5.41) is 0.452. The zero-order valence-electron chi connectivity index (χ0n) is 16.1. The van der Waals surface area contributed by atoms with Crippen LogP contribution >= 0.6 is 0 Å². The van der Waals surface area contributed by atoms with Crippen molar-refractivity contribution in [1.82, 2.24) is 8.54 Å². The summed E-state index contributed by atoms with van der Waals surface area (Å²) < 4.78 is 56.0. The van der Waals surface area contributed by atoms with Gasteiger partial charge in [0.2, 0.25) is 0 Å². The topological polar surface area (TPSA) is 44.0 Å². The second-order valence-electron chi connectivity index (χ2n) is 6.87. The van der Waals surface area contributed by atoms with Gasteiger partial charge in [0.25, 0.3) is 12.0 Å². The molecule has 0 radical (unpaired) electrons. The number of pyridine rings is 1. The lowest BCUT2D eigenvalue weighted by Gasteiger charge is -2.09. The minimum Gasteiger partial charge on any atom is -0.318 e. The smallest absolute Gasteiger partial charge is 0.263 e. The first kappa shape index (κ1) is 20.2. The molecule has 4 rings (SSSR count). The van der Waals surface area contributed by atoms with Crippen molar-refractivity contribution in [3.05, 3.63) is 88.2 Å². The number of halogens is 3. The fourth-order valence-electron chi connectivity index (χ4n) is 3.54. The molecule has 2 aromatic carbocycles. The number of nitrogens with zero attached hydrogens (tertiary/aromatic N) is 2. The lowest BCUT2D eigenvalue weighted by Crippen LogP contribution is -2.17. The summed E-state index contributed by atoms with van der Waals surface area (Å²) in [7, 11) is -0.171. The Morgan fingerprint density at radius 2 is 1.73 bits per heavy atom. The summed E-state index contributed by atoms with van der Waals surface area (Å²) >= 11 is 0. The van der Waals surface area contributed by atoms with Gasteiger partial charge in [0.1, 0.15) is 5.82 Å². The molecule has 154 valence electrons. The van der Waals surface area contributed by atoms with Gasteiger partial charge in [-0.3, -0.25) is 8.77 Å². The van der Waals surface area contributed by atoms with Crippen molar-refractivity contribution >= 4 is 21.9 Å². The van der Waals surface area contributed by atoms with Crippen LogP contribution in [-0.2, 0) is 18.0 Å². The number of fused-ring (bicyclic) bond motifs is 1. The maximum atomic E-state index is 14.1. The van der Waals surface area contributed by atoms with Crippen LogP contribution in [0.3, 0.4) is 0 Å². The van der Waals surface area contributed by atoms with E-state index >= 15 is 0 Å². The Morgan fingerprint density at radius 1 is 1.03 bits per heavy atom. The van der Waals surface area contributed by atoms with E-state index in [2.05, 4.69) is 0 Å². The van der Waals surface area contributed by atoms with Crippen LogP contribution in [-0.4, -0.2) is 12.7 Å². The number of aromatic nitrogens is 2. The molecule has 2 aromatic heterocycles. The molecular weight excluding hydrogens is 413 g/mol. The van der Waals surface area contributed by atoms with Crippen molar-refractivity contribution in [3.8, 4) is 11.1 Å². The van der Waals surface area contributed by atoms with E-state index in [0.29, 0.717) is 32.6 Å². The molecule has 0 N–H and O–H groups in total. The van der Waals surface area contributed by atoms with Crippen LogP contribution in [0.5, 0.6) is 0 Å². The summed E-state index contributed by atoms with van der Waals surface area (Å²) in [6.07, 6.45) is -1.01. The second kappa shape index (κ2) is 7.60. The van der Waals surface area contributed by atoms with Gasteiger partial charge in [-0.05, 0) is 49.4 Å². The number of rotatable bonds is 4. The molecule has 1 unspecified atom stereocenters. The highest BCUT2D eigenvalue weighted by atomic mass is 32.2. The predicted molar refractivity (Wildman–Crippen MR) is 111 cm³/mol. The molecule has 0 amide bonds. The minimum atomic E-state index is -2.62. The summed E-state index contributed by atoms with van der Waals surface area (Å²) in [5.74, 6) is -0.485. The maximum Gasteiger partial charge on any atom is 0.263 e. The maximum absolute atomic E-state index is 14.1. The third-order valence-corrected chi connectivity index (χ3v) is 6.48. The molecular formula is C22H17F3N2O2S. The van der Waals surface area contributed by atoms with Crippen molar-refractivity contribution in [2.75, 3.05) is 0 Å². The summed E-state index contributed by atoms with van der Waals surface area (Å²) in [6.45, 7) is 1.70. The van der Waals surface area contributed by atoms with Crippen molar-refractivity contribution in [1.29, 1.82) is 0 Å². The van der Waals surface area contributed by atoms with Gasteiger partial charge in [-0.2, -0.15) is 0 Å². The van der Waals surface area contributed by atoms with Gasteiger partial charge in [-0.1, -0.05) is 12.1 Å². The molecule has 0 fully saturated rings. The van der Waals surface area contributed by atoms with Crippen LogP contribution in [0.1, 0.15) is 17.7 Å². The highest BCUT2D eigenvalue weighted by Crippen LogP contribution is 2.35. The summed E-state index contributed by atoms with van der Waals surface area (Å²) in [6, 6.07) is 12.6. The Balaban J connectivity index is 1.97. The Morgan fingerprint density at radius 3 is 2.40 bits per heavy atom. The molecule has 0 aliphatic heterocycles. The van der Waals surface area contributed by atoms with E-state index in [9.17, 15) is 22.2 Å². The minimum absolute atomic E-state index is 0.166. The highest BCUT2D eigenvalue weighted by molar-refractivity contribution is 7.83. The third kappa shape index (κ3) is 3.27. The lowest BCUT2D eigenvalue weighted by molar-refractivity contribution is 0.151. The molecule has 8 heteroatoms. The van der Waals surface area contributed by atoms with E-state index in [4.69, 9.17) is 0 Å². The van der Waals surface area contributed by atoms with E-state index in [1.165, 1.54) is 51.0 Å². The number of alkyl halides is 2. The quantitative estimate of drug-likeness (QED) is 0.459.